The molecule has 0 aromatic heterocycles. The van der Waals surface area contributed by atoms with E-state index in [2.05, 4.69) is 205 Å². The summed E-state index contributed by atoms with van der Waals surface area (Å²) in [6.07, 6.45) is 0. The number of rotatable bonds is 5. The standard InChI is InChI=1S/C52H33N/c1-2-13-38(14-3-1)53(40-30-25-36(26-31-40)42-18-8-12-35-11-4-5-15-41(35)42)39-28-23-34(24-29-39)37-27-32-44-47-20-10-21-48-49-22-9-19-46(52(49)50(44)33-37)43-16-6-7-17-45(43)51(47)48/h1-33H. The first-order valence-corrected chi connectivity index (χ1v) is 18.3. The second kappa shape index (κ2) is 11.8. The normalized spacial score (nSPS) is 11.8. The van der Waals surface area contributed by atoms with Gasteiger partial charge < -0.3 is 4.90 Å². The molecule has 11 rings (SSSR count). The second-order valence-corrected chi connectivity index (χ2v) is 14.1. The van der Waals surface area contributed by atoms with E-state index in [0.717, 1.165) is 17.1 Å². The van der Waals surface area contributed by atoms with Gasteiger partial charge in [0, 0.05) is 17.1 Å². The predicted molar refractivity (Wildman–Crippen MR) is 224 cm³/mol. The molecule has 53 heavy (non-hydrogen) atoms. The van der Waals surface area contributed by atoms with Crippen LogP contribution in [0.2, 0.25) is 0 Å². The quantitative estimate of drug-likeness (QED) is 0.176. The molecule has 2 aliphatic rings. The lowest BCUT2D eigenvalue weighted by Gasteiger charge is -2.26. The molecule has 0 spiro atoms. The third-order valence-electron chi connectivity index (χ3n) is 11.2. The van der Waals surface area contributed by atoms with E-state index in [1.165, 1.54) is 88.7 Å². The summed E-state index contributed by atoms with van der Waals surface area (Å²) in [6, 6.07) is 73.4. The maximum absolute atomic E-state index is 2.42. The smallest absolute Gasteiger partial charge is 0.0462 e. The summed E-state index contributed by atoms with van der Waals surface area (Å²) in [5.41, 5.74) is 21.4. The van der Waals surface area contributed by atoms with Crippen molar-refractivity contribution in [3.8, 4) is 77.9 Å². The molecule has 9 aromatic carbocycles. The van der Waals surface area contributed by atoms with E-state index in [9.17, 15) is 0 Å². The highest BCUT2D eigenvalue weighted by Gasteiger charge is 2.30. The van der Waals surface area contributed by atoms with Crippen LogP contribution in [-0.2, 0) is 0 Å². The third-order valence-corrected chi connectivity index (χ3v) is 11.2. The van der Waals surface area contributed by atoms with Crippen molar-refractivity contribution in [2.24, 2.45) is 0 Å². The van der Waals surface area contributed by atoms with Gasteiger partial charge in [-0.1, -0.05) is 158 Å². The molecule has 0 atom stereocenters. The molecule has 6 bridgehead atoms. The van der Waals surface area contributed by atoms with Crippen molar-refractivity contribution < 1.29 is 0 Å². The van der Waals surface area contributed by atoms with Crippen LogP contribution in [0, 0.1) is 0 Å². The van der Waals surface area contributed by atoms with Gasteiger partial charge in [-0.15, -0.1) is 0 Å². The Labute approximate surface area is 309 Å². The number of hydrogen-bond acceptors (Lipinski definition) is 1. The molecule has 0 fully saturated rings. The summed E-state index contributed by atoms with van der Waals surface area (Å²) >= 11 is 0. The number of anilines is 3. The topological polar surface area (TPSA) is 3.24 Å². The van der Waals surface area contributed by atoms with Crippen molar-refractivity contribution >= 4 is 27.8 Å². The molecule has 0 saturated heterocycles. The van der Waals surface area contributed by atoms with E-state index in [-0.39, 0.29) is 0 Å². The summed E-state index contributed by atoms with van der Waals surface area (Å²) < 4.78 is 0. The Morgan fingerprint density at radius 2 is 0.698 bits per heavy atom. The van der Waals surface area contributed by atoms with Gasteiger partial charge in [-0.05, 0) is 131 Å². The van der Waals surface area contributed by atoms with Gasteiger partial charge in [0.05, 0.1) is 0 Å². The van der Waals surface area contributed by atoms with Gasteiger partial charge in [-0.25, -0.2) is 0 Å². The Balaban J connectivity index is 0.997. The lowest BCUT2D eigenvalue weighted by molar-refractivity contribution is 1.28. The number of para-hydroxylation sites is 1. The molecule has 1 nitrogen and oxygen atoms in total. The number of benzene rings is 9. The molecular weight excluding hydrogens is 639 g/mol. The second-order valence-electron chi connectivity index (χ2n) is 14.1. The fourth-order valence-electron chi connectivity index (χ4n) is 8.78. The number of fused-ring (bicyclic) bond motifs is 5. The van der Waals surface area contributed by atoms with Crippen molar-refractivity contribution in [3.05, 3.63) is 200 Å². The van der Waals surface area contributed by atoms with Crippen molar-refractivity contribution in [1.82, 2.24) is 0 Å². The number of nitrogens with zero attached hydrogens (tertiary/aromatic N) is 1. The first kappa shape index (κ1) is 29.7. The molecule has 1 heteroatoms. The predicted octanol–water partition coefficient (Wildman–Crippen LogP) is 14.6. The van der Waals surface area contributed by atoms with Crippen LogP contribution >= 0.6 is 0 Å². The molecule has 9 aromatic rings. The minimum absolute atomic E-state index is 1.12. The van der Waals surface area contributed by atoms with Crippen LogP contribution in [0.5, 0.6) is 0 Å². The molecule has 0 amide bonds. The molecule has 0 radical (unpaired) electrons. The maximum Gasteiger partial charge on any atom is 0.0462 e. The van der Waals surface area contributed by atoms with Crippen LogP contribution in [0.1, 0.15) is 0 Å². The summed E-state index contributed by atoms with van der Waals surface area (Å²) in [5, 5.41) is 2.53. The van der Waals surface area contributed by atoms with Gasteiger partial charge in [0.1, 0.15) is 0 Å². The molecular formula is C52H33N. The fraction of sp³-hybridized carbons (Fsp3) is 0. The highest BCUT2D eigenvalue weighted by molar-refractivity contribution is 6.15. The van der Waals surface area contributed by atoms with E-state index < -0.39 is 0 Å². The lowest BCUT2D eigenvalue weighted by atomic mass is 9.83. The molecule has 246 valence electrons. The van der Waals surface area contributed by atoms with Crippen molar-refractivity contribution in [1.29, 1.82) is 0 Å². The van der Waals surface area contributed by atoms with Gasteiger partial charge in [0.2, 0.25) is 0 Å². The van der Waals surface area contributed by atoms with Crippen LogP contribution in [0.25, 0.3) is 88.7 Å². The maximum atomic E-state index is 2.42. The van der Waals surface area contributed by atoms with E-state index in [0.29, 0.717) is 0 Å². The van der Waals surface area contributed by atoms with Gasteiger partial charge >= 0.3 is 0 Å². The molecule has 0 unspecified atom stereocenters. The summed E-state index contributed by atoms with van der Waals surface area (Å²) in [4.78, 5) is 2.34. The largest absolute Gasteiger partial charge is 0.311 e. The van der Waals surface area contributed by atoms with Crippen LogP contribution in [0.3, 0.4) is 0 Å². The van der Waals surface area contributed by atoms with Crippen molar-refractivity contribution in [2.75, 3.05) is 4.90 Å². The summed E-state index contributed by atoms with van der Waals surface area (Å²) in [7, 11) is 0. The Morgan fingerprint density at radius 3 is 1.42 bits per heavy atom. The fourth-order valence-corrected chi connectivity index (χ4v) is 8.78. The van der Waals surface area contributed by atoms with E-state index in [1.54, 1.807) is 0 Å². The van der Waals surface area contributed by atoms with Gasteiger partial charge in [-0.2, -0.15) is 0 Å². The minimum Gasteiger partial charge on any atom is -0.311 e. The van der Waals surface area contributed by atoms with Crippen molar-refractivity contribution in [3.63, 3.8) is 0 Å². The Bertz CT molecular complexity index is 2840. The number of hydrogen-bond donors (Lipinski definition) is 0. The third kappa shape index (κ3) is 4.64. The highest BCUT2D eigenvalue weighted by Crippen LogP contribution is 2.57. The Morgan fingerprint density at radius 1 is 0.245 bits per heavy atom. The van der Waals surface area contributed by atoms with Gasteiger partial charge in [0.25, 0.3) is 0 Å². The monoisotopic (exact) mass is 671 g/mol. The van der Waals surface area contributed by atoms with Crippen LogP contribution in [-0.4, -0.2) is 0 Å². The SMILES string of the molecule is c1ccc(N(c2ccc(-c3ccc4c(c3)-c3c5cccc3-c3cccc-4c3-c3ccccc3-5)cc2)c2ccc(-c3cccc4ccccc34)cc2)cc1. The molecule has 0 heterocycles. The van der Waals surface area contributed by atoms with Crippen LogP contribution < -0.4 is 4.90 Å². The molecule has 0 N–H and O–H groups in total. The first-order chi connectivity index (χ1) is 26.3. The van der Waals surface area contributed by atoms with E-state index >= 15 is 0 Å². The highest BCUT2D eigenvalue weighted by atomic mass is 15.1. The molecule has 2 aliphatic carbocycles. The van der Waals surface area contributed by atoms with E-state index in [4.69, 9.17) is 0 Å². The molecule has 0 saturated carbocycles. The van der Waals surface area contributed by atoms with E-state index in [1.807, 2.05) is 0 Å². The Hall–Kier alpha value is -6.96. The van der Waals surface area contributed by atoms with Gasteiger partial charge in [0.15, 0.2) is 0 Å². The molecule has 0 aliphatic heterocycles. The van der Waals surface area contributed by atoms with Crippen molar-refractivity contribution in [2.45, 2.75) is 0 Å². The minimum atomic E-state index is 1.12. The average Bonchev–Trinajstić information content (AvgIpc) is 3.34. The zero-order chi connectivity index (χ0) is 34.9. The summed E-state index contributed by atoms with van der Waals surface area (Å²) in [6.45, 7) is 0. The summed E-state index contributed by atoms with van der Waals surface area (Å²) in [5.74, 6) is 0. The Kier molecular flexibility index (Phi) is 6.62. The average molecular weight is 672 g/mol. The zero-order valence-corrected chi connectivity index (χ0v) is 29.0. The van der Waals surface area contributed by atoms with Crippen LogP contribution in [0.15, 0.2) is 200 Å². The lowest BCUT2D eigenvalue weighted by Crippen LogP contribution is -2.09. The van der Waals surface area contributed by atoms with Crippen LogP contribution in [0.4, 0.5) is 17.1 Å². The van der Waals surface area contributed by atoms with Gasteiger partial charge in [-0.3, -0.25) is 0 Å². The zero-order valence-electron chi connectivity index (χ0n) is 29.0. The first-order valence-electron chi connectivity index (χ1n) is 18.3.